The molecular weight excluding hydrogens is 1450 g/mol. The van der Waals surface area contributed by atoms with E-state index in [0.717, 1.165) is 12.7 Å². The SMILES string of the molecule is BC(C)(CC)C1CC(=O)N(CCCCCNC(=O)C2(C(=O)N[C@@H](CCCNC(N)=O)C(=O)Nc3ccc(COC(=O)N4CCN(c5cc(O)c6nc7c8c9c%10c(C)c(O)c8c(=O)c(c-7oc6c5)NC(=O)/C(C)=C\C=C\[C@H](C)[C@H](O)[C@@H](C)[C@@H](O)[C@@H](C)[C@H](OC(C)=O)[C@H](C)[C@@H](OC)/C=C/O[C@@](C)(O%10)C9=O)CC4)cc3)CCC2)C1=O. The minimum absolute atomic E-state index is 0.0422. The summed E-state index contributed by atoms with van der Waals surface area (Å²) in [6.07, 6.45) is 6.55. The highest BCUT2D eigenvalue weighted by Gasteiger charge is 2.53. The molecule has 11 N–H and O–H groups in total. The lowest BCUT2D eigenvalue weighted by molar-refractivity contribution is -0.160. The third-order valence-electron chi connectivity index (χ3n) is 23.0. The molecule has 0 spiro atoms. The number of methoxy groups -OCH3 is 1. The van der Waals surface area contributed by atoms with E-state index >= 15 is 9.59 Å². The number of fused-ring (bicyclic) bond motifs is 14. The number of aliphatic hydroxyl groups excluding tert-OH is 2. The number of nitrogens with zero attached hydrogens (tertiary/aromatic N) is 4. The number of Topliss-reactive ketones (excluding diaryl/α,β-unsaturated/α-hetero) is 1. The highest BCUT2D eigenvalue weighted by Crippen LogP contribution is 2.52. The van der Waals surface area contributed by atoms with Crippen LogP contribution in [0, 0.1) is 41.9 Å². The minimum atomic E-state index is -2.18. The number of unbranched alkanes of at least 4 members (excludes halogenated alkanes) is 2. The maximum atomic E-state index is 15.2. The minimum Gasteiger partial charge on any atom is -0.507 e. The van der Waals surface area contributed by atoms with Crippen molar-refractivity contribution < 1.29 is 96.5 Å². The summed E-state index contributed by atoms with van der Waals surface area (Å²) in [5, 5.41) is 60.0. The second kappa shape index (κ2) is 35.0. The summed E-state index contributed by atoms with van der Waals surface area (Å²) in [5.41, 5.74) is 3.03. The Hall–Kier alpha value is -10.6. The molecule has 2 aliphatic carbocycles. The lowest BCUT2D eigenvalue weighted by atomic mass is 9.60. The first-order valence-corrected chi connectivity index (χ1v) is 38.2. The topological polar surface area (TPSA) is 437 Å². The van der Waals surface area contributed by atoms with Crippen LogP contribution in [0.25, 0.3) is 33.3 Å². The lowest BCUT2D eigenvalue weighted by Gasteiger charge is -2.39. The number of anilines is 3. The molecule has 3 aromatic carbocycles. The number of phenols is 2. The van der Waals surface area contributed by atoms with Gasteiger partial charge in [0.05, 0.1) is 35.5 Å². The van der Waals surface area contributed by atoms with E-state index in [0.29, 0.717) is 49.2 Å². The van der Waals surface area contributed by atoms with Crippen molar-refractivity contribution in [3.05, 3.63) is 99.5 Å². The molecule has 602 valence electrons. The third-order valence-corrected chi connectivity index (χ3v) is 23.0. The Balaban J connectivity index is 0.814. The first kappa shape index (κ1) is 83.9. The molecule has 32 heteroatoms. The molecule has 2 saturated heterocycles. The number of likely N-dealkylation sites (tertiary alicyclic amines) is 1. The number of piperazine rings is 1. The smallest absolute Gasteiger partial charge is 0.410 e. The van der Waals surface area contributed by atoms with E-state index in [1.165, 1.54) is 68.9 Å². The van der Waals surface area contributed by atoms with Crippen LogP contribution in [0.2, 0.25) is 5.31 Å². The Morgan fingerprint density at radius 2 is 1.57 bits per heavy atom. The average Bonchev–Trinajstić information content (AvgIpc) is 1.46. The predicted octanol–water partition coefficient (Wildman–Crippen LogP) is 7.04. The van der Waals surface area contributed by atoms with Crippen molar-refractivity contribution in [3.8, 4) is 28.7 Å². The monoisotopic (exact) mass is 1550 g/mol. The molecule has 3 fully saturated rings. The summed E-state index contributed by atoms with van der Waals surface area (Å²) in [6.45, 7) is 17.5. The fourth-order valence-corrected chi connectivity index (χ4v) is 15.2. The van der Waals surface area contributed by atoms with Gasteiger partial charge in [-0.2, -0.15) is 0 Å². The Labute approximate surface area is 649 Å². The van der Waals surface area contributed by atoms with Crippen LogP contribution in [0.4, 0.5) is 26.7 Å². The zero-order valence-electron chi connectivity index (χ0n) is 65.4. The number of hydrogen-bond donors (Lipinski definition) is 10. The van der Waals surface area contributed by atoms with Gasteiger partial charge in [0.2, 0.25) is 35.0 Å². The molecule has 3 aromatic rings. The fraction of sp³-hybridized carbons (Fsp3) is 0.525. The summed E-state index contributed by atoms with van der Waals surface area (Å²) in [5.74, 6) is -11.1. The second-order valence-corrected chi connectivity index (χ2v) is 30.9. The molecule has 9 amide bonds. The number of nitrogens with one attached hydrogen (secondary N) is 5. The largest absolute Gasteiger partial charge is 0.507 e. The standard InChI is InChI=1S/C80H103BN10O21/c1-12-78(9,81)51-39-56(94)91(73(51)102)31-15-13-14-29-83-74(103)80(27-18-28-80)75(104)86-52(21-17-30-84-76(82)105)72(101)85-49-24-22-48(23-25-49)40-108-77(106)90-34-32-89(33-35-90)50-37-53(93)60-55(38-50)111-69-61(87-60)57-58-65(97)46(7)68-59(57)70(99)79(10,112-68)109-36-26-54(107-11)43(4)67(110-47(8)92)45(6)64(96)44(5)63(95)41(2)19-16-20-42(3)71(100)88-62(69)66(58)98/h16,19-20,22-26,36-38,41,43-45,51-52,54,63-64,67,93,95-97H,12-15,17-18,21,27-35,39-40,81H2,1-11H3,(H,83,103)(H,85,101)(H,86,104)(H,88,100)(H3,82,84,105)/b19-16+,36-26+,42-20-/t41-,43+,44+,45+,51?,52-,54-,63-,64+,67+,78?,79-/m0/s1. The van der Waals surface area contributed by atoms with Gasteiger partial charge in [0.25, 0.3) is 11.7 Å². The maximum absolute atomic E-state index is 15.2. The molecule has 0 radical (unpaired) electrons. The van der Waals surface area contributed by atoms with Crippen LogP contribution in [-0.2, 0) is 59.1 Å². The zero-order valence-corrected chi connectivity index (χ0v) is 65.4. The number of imide groups is 1. The van der Waals surface area contributed by atoms with Gasteiger partial charge >= 0.3 is 23.9 Å². The first-order chi connectivity index (χ1) is 53.1. The number of carbonyl (C=O) groups is 10. The van der Waals surface area contributed by atoms with Crippen LogP contribution in [-0.4, -0.2) is 192 Å². The highest BCUT2D eigenvalue weighted by molar-refractivity contribution is 6.23. The summed E-state index contributed by atoms with van der Waals surface area (Å²) >= 11 is 0. The molecule has 0 aromatic heterocycles. The number of ether oxygens (including phenoxy) is 5. The molecule has 12 atom stereocenters. The zero-order chi connectivity index (χ0) is 81.6. The molecule has 6 aliphatic heterocycles. The first-order valence-electron chi connectivity index (χ1n) is 38.2. The molecule has 8 aliphatic rings. The van der Waals surface area contributed by atoms with Crippen LogP contribution in [0.5, 0.6) is 17.2 Å². The van der Waals surface area contributed by atoms with Gasteiger partial charge < -0.3 is 90.6 Å². The van der Waals surface area contributed by atoms with E-state index in [9.17, 15) is 63.6 Å². The van der Waals surface area contributed by atoms with Crippen molar-refractivity contribution in [1.82, 2.24) is 30.7 Å². The highest BCUT2D eigenvalue weighted by atomic mass is 16.7. The number of ketones is 1. The van der Waals surface area contributed by atoms with Gasteiger partial charge in [-0.05, 0) is 87.9 Å². The Morgan fingerprint density at radius 1 is 0.875 bits per heavy atom. The predicted molar refractivity (Wildman–Crippen MR) is 416 cm³/mol. The number of aromatic nitrogens is 1. The molecular formula is C80H103BN10O21. The number of esters is 1. The third kappa shape index (κ3) is 17.7. The maximum Gasteiger partial charge on any atom is 0.410 e. The molecule has 5 bridgehead atoms. The van der Waals surface area contributed by atoms with Crippen LogP contribution in [0.3, 0.4) is 0 Å². The number of rotatable bonds is 22. The van der Waals surface area contributed by atoms with Crippen molar-refractivity contribution >= 4 is 106 Å². The number of hydrogen-bond acceptors (Lipinski definition) is 23. The van der Waals surface area contributed by atoms with Crippen LogP contribution in [0.15, 0.2) is 81.7 Å². The number of aromatic hydroxyl groups is 2. The lowest BCUT2D eigenvalue weighted by Crippen LogP contribution is -2.58. The Kier molecular flexibility index (Phi) is 26.2. The van der Waals surface area contributed by atoms with Gasteiger partial charge in [-0.25, -0.2) is 14.6 Å². The van der Waals surface area contributed by atoms with Gasteiger partial charge in [0.1, 0.15) is 66.2 Å². The number of aliphatic hydroxyl groups is 2. The van der Waals surface area contributed by atoms with E-state index in [4.69, 9.17) is 38.8 Å². The number of primary amides is 1. The van der Waals surface area contributed by atoms with E-state index < -0.39 is 141 Å². The average molecular weight is 1550 g/mol. The van der Waals surface area contributed by atoms with Gasteiger partial charge in [-0.15, -0.1) is 0 Å². The molecule has 2 unspecified atom stereocenters. The molecule has 31 nitrogen and oxygen atoms in total. The number of phenolic OH excluding ortho intramolecular Hbond substituents is 2. The van der Waals surface area contributed by atoms with Crippen molar-refractivity contribution in [2.45, 2.75) is 182 Å². The fourth-order valence-electron chi connectivity index (χ4n) is 15.2. The number of amides is 9. The number of benzene rings is 4. The molecule has 11 rings (SSSR count). The van der Waals surface area contributed by atoms with Gasteiger partial charge in [0, 0.05) is 143 Å². The number of carbonyl (C=O) groups excluding carboxylic acids is 10. The van der Waals surface area contributed by atoms with Crippen LogP contribution < -0.4 is 47.4 Å². The van der Waals surface area contributed by atoms with Crippen molar-refractivity contribution in [1.29, 1.82) is 0 Å². The van der Waals surface area contributed by atoms with Gasteiger partial charge in [-0.1, -0.05) is 84.7 Å². The van der Waals surface area contributed by atoms with Gasteiger partial charge in [0.15, 0.2) is 11.3 Å². The van der Waals surface area contributed by atoms with Crippen molar-refractivity contribution in [3.63, 3.8) is 0 Å². The van der Waals surface area contributed by atoms with Crippen molar-refractivity contribution in [2.24, 2.45) is 40.7 Å². The summed E-state index contributed by atoms with van der Waals surface area (Å²) in [7, 11) is 3.40. The normalized spacial score (nSPS) is 25.4. The summed E-state index contributed by atoms with van der Waals surface area (Å²) in [4.78, 5) is 159. The van der Waals surface area contributed by atoms with E-state index in [1.54, 1.807) is 64.1 Å². The number of nitrogens with two attached hydrogens (primary N) is 1. The molecule has 6 heterocycles. The second-order valence-electron chi connectivity index (χ2n) is 30.9. The quantitative estimate of drug-likeness (QED) is 0.00631. The van der Waals surface area contributed by atoms with Crippen molar-refractivity contribution in [2.75, 3.05) is 68.5 Å². The summed E-state index contributed by atoms with van der Waals surface area (Å²) in [6, 6.07) is 7.55. The van der Waals surface area contributed by atoms with Crippen LogP contribution in [0.1, 0.15) is 148 Å². The van der Waals surface area contributed by atoms with E-state index in [2.05, 4.69) is 26.6 Å². The van der Waals surface area contributed by atoms with E-state index in [1.807, 2.05) is 26.6 Å². The Morgan fingerprint density at radius 3 is 2.22 bits per heavy atom. The number of allylic oxidation sites excluding steroid dienone is 2. The molecule has 1 saturated carbocycles. The number of urea groups is 1. The summed E-state index contributed by atoms with van der Waals surface area (Å²) < 4.78 is 36.4. The van der Waals surface area contributed by atoms with Crippen LogP contribution >= 0.6 is 0 Å². The van der Waals surface area contributed by atoms with Gasteiger partial charge in [-0.3, -0.25) is 48.1 Å². The Bertz CT molecular complexity index is 4590. The molecule has 112 heavy (non-hydrogen) atoms. The van der Waals surface area contributed by atoms with E-state index in [-0.39, 0.29) is 151 Å².